The number of carbonyl (C=O) groups excluding carboxylic acids is 1. The van der Waals surface area contributed by atoms with Gasteiger partial charge in [-0.15, -0.1) is 0 Å². The molecule has 5 nitrogen and oxygen atoms in total. The topological polar surface area (TPSA) is 78.4 Å². The van der Waals surface area contributed by atoms with Crippen molar-refractivity contribution in [3.05, 3.63) is 46.7 Å². The monoisotopic (exact) mass is 300 g/mol. The van der Waals surface area contributed by atoms with Gasteiger partial charge in [0.25, 0.3) is 0 Å². The van der Waals surface area contributed by atoms with Gasteiger partial charge >= 0.3 is 18.2 Å². The standard InChI is InChI=1S/C13H11F3N2O3/c1-6-9(11(19)20)10(18-12(21)17-6)7-2-4-8(5-3-7)13(14,15)16/h2-5,10H,1H3,(H,19,20)(H2,17,18,21). The highest BCUT2D eigenvalue weighted by Gasteiger charge is 2.33. The number of urea groups is 1. The lowest BCUT2D eigenvalue weighted by molar-refractivity contribution is -0.137. The third-order valence-corrected chi connectivity index (χ3v) is 3.07. The van der Waals surface area contributed by atoms with Crippen LogP contribution in [0, 0.1) is 0 Å². The first-order chi connectivity index (χ1) is 9.70. The summed E-state index contributed by atoms with van der Waals surface area (Å²) in [7, 11) is 0. The molecule has 0 spiro atoms. The van der Waals surface area contributed by atoms with E-state index >= 15 is 0 Å². The zero-order valence-electron chi connectivity index (χ0n) is 10.8. The number of amides is 2. The van der Waals surface area contributed by atoms with E-state index in [1.807, 2.05) is 0 Å². The molecule has 1 aliphatic rings. The van der Waals surface area contributed by atoms with Crippen LogP contribution in [0.15, 0.2) is 35.5 Å². The number of halogens is 3. The van der Waals surface area contributed by atoms with Gasteiger partial charge in [0.15, 0.2) is 0 Å². The minimum atomic E-state index is -4.47. The maximum absolute atomic E-state index is 12.5. The summed E-state index contributed by atoms with van der Waals surface area (Å²) in [5, 5.41) is 13.9. The van der Waals surface area contributed by atoms with Crippen LogP contribution in [0.2, 0.25) is 0 Å². The molecular weight excluding hydrogens is 289 g/mol. The number of carboxylic acids is 1. The zero-order valence-corrected chi connectivity index (χ0v) is 10.8. The summed E-state index contributed by atoms with van der Waals surface area (Å²) >= 11 is 0. The minimum absolute atomic E-state index is 0.116. The van der Waals surface area contributed by atoms with Crippen molar-refractivity contribution in [1.82, 2.24) is 10.6 Å². The Labute approximate surface area is 117 Å². The summed E-state index contributed by atoms with van der Waals surface area (Å²) in [6.07, 6.45) is -4.47. The van der Waals surface area contributed by atoms with Gasteiger partial charge in [-0.2, -0.15) is 13.2 Å². The van der Waals surface area contributed by atoms with E-state index < -0.39 is 29.8 Å². The Bertz CT molecular complexity index is 621. The lowest BCUT2D eigenvalue weighted by atomic mass is 9.95. The van der Waals surface area contributed by atoms with Crippen molar-refractivity contribution < 1.29 is 27.9 Å². The lowest BCUT2D eigenvalue weighted by Gasteiger charge is -2.27. The van der Waals surface area contributed by atoms with Crippen LogP contribution < -0.4 is 10.6 Å². The minimum Gasteiger partial charge on any atom is -0.478 e. The van der Waals surface area contributed by atoms with Crippen LogP contribution in [-0.4, -0.2) is 17.1 Å². The van der Waals surface area contributed by atoms with Gasteiger partial charge in [-0.25, -0.2) is 9.59 Å². The molecule has 0 saturated heterocycles. The van der Waals surface area contributed by atoms with Crippen LogP contribution in [0.4, 0.5) is 18.0 Å². The van der Waals surface area contributed by atoms with E-state index in [4.69, 9.17) is 0 Å². The maximum Gasteiger partial charge on any atom is 0.416 e. The Morgan fingerprint density at radius 2 is 1.81 bits per heavy atom. The van der Waals surface area contributed by atoms with Crippen molar-refractivity contribution in [3.63, 3.8) is 0 Å². The van der Waals surface area contributed by atoms with E-state index in [2.05, 4.69) is 10.6 Å². The van der Waals surface area contributed by atoms with Gasteiger partial charge < -0.3 is 15.7 Å². The van der Waals surface area contributed by atoms with Crippen LogP contribution in [-0.2, 0) is 11.0 Å². The Hall–Kier alpha value is -2.51. The Morgan fingerprint density at radius 1 is 1.24 bits per heavy atom. The first-order valence-corrected chi connectivity index (χ1v) is 5.89. The van der Waals surface area contributed by atoms with E-state index in [0.717, 1.165) is 24.3 Å². The first kappa shape index (κ1) is 14.9. The predicted molar refractivity (Wildman–Crippen MR) is 66.2 cm³/mol. The number of carboxylic acid groups (broad SMARTS) is 1. The van der Waals surface area contributed by atoms with Gasteiger partial charge in [0, 0.05) is 5.70 Å². The SMILES string of the molecule is CC1=C(C(=O)O)C(c2ccc(C(F)(F)F)cc2)NC(=O)N1. The fourth-order valence-electron chi connectivity index (χ4n) is 2.09. The summed E-state index contributed by atoms with van der Waals surface area (Å²) < 4.78 is 37.5. The van der Waals surface area contributed by atoms with Crippen LogP contribution in [0.3, 0.4) is 0 Å². The Balaban J connectivity index is 2.42. The van der Waals surface area contributed by atoms with E-state index in [1.54, 1.807) is 0 Å². The van der Waals surface area contributed by atoms with Crippen molar-refractivity contribution in [2.75, 3.05) is 0 Å². The molecule has 0 fully saturated rings. The summed E-state index contributed by atoms with van der Waals surface area (Å²) in [5.41, 5.74) is -0.552. The molecule has 8 heteroatoms. The van der Waals surface area contributed by atoms with Gasteiger partial charge in [-0.1, -0.05) is 12.1 Å². The average molecular weight is 300 g/mol. The van der Waals surface area contributed by atoms with E-state index in [-0.39, 0.29) is 16.8 Å². The Morgan fingerprint density at radius 3 is 2.29 bits per heavy atom. The van der Waals surface area contributed by atoms with E-state index in [9.17, 15) is 27.9 Å². The van der Waals surface area contributed by atoms with Gasteiger partial charge in [0.05, 0.1) is 17.2 Å². The molecule has 1 aliphatic heterocycles. The molecule has 0 bridgehead atoms. The molecule has 1 aromatic rings. The highest BCUT2D eigenvalue weighted by atomic mass is 19.4. The average Bonchev–Trinajstić information content (AvgIpc) is 2.36. The molecule has 1 heterocycles. The molecule has 0 saturated carbocycles. The number of hydrogen-bond acceptors (Lipinski definition) is 2. The number of nitrogens with one attached hydrogen (secondary N) is 2. The molecule has 112 valence electrons. The number of aliphatic carboxylic acids is 1. The third-order valence-electron chi connectivity index (χ3n) is 3.07. The first-order valence-electron chi connectivity index (χ1n) is 5.89. The summed E-state index contributed by atoms with van der Waals surface area (Å²) in [6, 6.07) is 2.38. The van der Waals surface area contributed by atoms with Crippen molar-refractivity contribution in [1.29, 1.82) is 0 Å². The molecular formula is C13H11F3N2O3. The number of alkyl halides is 3. The van der Waals surface area contributed by atoms with Gasteiger partial charge in [-0.05, 0) is 24.6 Å². The lowest BCUT2D eigenvalue weighted by Crippen LogP contribution is -2.45. The molecule has 0 radical (unpaired) electrons. The fraction of sp³-hybridized carbons (Fsp3) is 0.231. The molecule has 3 N–H and O–H groups in total. The largest absolute Gasteiger partial charge is 0.478 e. The van der Waals surface area contributed by atoms with Crippen molar-refractivity contribution in [3.8, 4) is 0 Å². The van der Waals surface area contributed by atoms with Gasteiger partial charge in [0.2, 0.25) is 0 Å². The van der Waals surface area contributed by atoms with Crippen molar-refractivity contribution >= 4 is 12.0 Å². The predicted octanol–water partition coefficient (Wildman–Crippen LogP) is 2.42. The molecule has 2 rings (SSSR count). The number of rotatable bonds is 2. The van der Waals surface area contributed by atoms with Gasteiger partial charge in [-0.3, -0.25) is 0 Å². The summed E-state index contributed by atoms with van der Waals surface area (Å²) in [5.74, 6) is -1.26. The van der Waals surface area contributed by atoms with E-state index in [1.165, 1.54) is 6.92 Å². The van der Waals surface area contributed by atoms with Crippen LogP contribution in [0.25, 0.3) is 0 Å². The second kappa shape index (κ2) is 5.12. The summed E-state index contributed by atoms with van der Waals surface area (Å²) in [4.78, 5) is 22.7. The summed E-state index contributed by atoms with van der Waals surface area (Å²) in [6.45, 7) is 1.42. The molecule has 0 aromatic heterocycles. The second-order valence-corrected chi connectivity index (χ2v) is 4.50. The van der Waals surface area contributed by atoms with Crippen molar-refractivity contribution in [2.24, 2.45) is 0 Å². The van der Waals surface area contributed by atoms with Crippen molar-refractivity contribution in [2.45, 2.75) is 19.1 Å². The van der Waals surface area contributed by atoms with Crippen LogP contribution >= 0.6 is 0 Å². The Kier molecular flexibility index (Phi) is 3.63. The molecule has 21 heavy (non-hydrogen) atoms. The van der Waals surface area contributed by atoms with Crippen LogP contribution in [0.1, 0.15) is 24.1 Å². The third kappa shape index (κ3) is 2.99. The number of benzene rings is 1. The normalized spacial score (nSPS) is 19.0. The van der Waals surface area contributed by atoms with E-state index in [0.29, 0.717) is 0 Å². The molecule has 0 aliphatic carbocycles. The molecule has 1 aromatic carbocycles. The molecule has 1 atom stereocenters. The second-order valence-electron chi connectivity index (χ2n) is 4.50. The molecule has 2 amide bonds. The number of hydrogen-bond donors (Lipinski definition) is 3. The molecule has 1 unspecified atom stereocenters. The van der Waals surface area contributed by atoms with Gasteiger partial charge in [0.1, 0.15) is 0 Å². The maximum atomic E-state index is 12.5. The fourth-order valence-corrected chi connectivity index (χ4v) is 2.09. The highest BCUT2D eigenvalue weighted by molar-refractivity contribution is 5.93. The van der Waals surface area contributed by atoms with Crippen LogP contribution in [0.5, 0.6) is 0 Å². The quantitative estimate of drug-likeness (QED) is 0.785. The highest BCUT2D eigenvalue weighted by Crippen LogP contribution is 2.32. The number of carbonyl (C=O) groups is 2. The number of allylic oxidation sites excluding steroid dienone is 1. The zero-order chi connectivity index (χ0) is 15.8. The smallest absolute Gasteiger partial charge is 0.416 e.